The molecule has 0 radical (unpaired) electrons. The van der Waals surface area contributed by atoms with Gasteiger partial charge < -0.3 is 14.0 Å². The molecule has 1 aromatic heterocycles. The number of aryl methyl sites for hydroxylation is 1. The number of ether oxygens (including phenoxy) is 2. The predicted molar refractivity (Wildman–Crippen MR) is 107 cm³/mol. The van der Waals surface area contributed by atoms with Crippen LogP contribution in [0, 0.1) is 0 Å². The van der Waals surface area contributed by atoms with Crippen LogP contribution in [-0.2, 0) is 6.54 Å². The van der Waals surface area contributed by atoms with E-state index in [1.807, 2.05) is 13.2 Å². The van der Waals surface area contributed by atoms with E-state index in [9.17, 15) is 4.79 Å². The normalized spacial score (nSPS) is 11.8. The Morgan fingerprint density at radius 2 is 2.00 bits per heavy atom. The first-order chi connectivity index (χ1) is 12.6. The van der Waals surface area contributed by atoms with Crippen molar-refractivity contribution in [2.24, 2.45) is 4.99 Å². The number of nitrogens with zero attached hydrogens (tertiary/aromatic N) is 2. The van der Waals surface area contributed by atoms with Crippen LogP contribution < -0.4 is 14.3 Å². The van der Waals surface area contributed by atoms with E-state index in [0.717, 1.165) is 16.8 Å². The van der Waals surface area contributed by atoms with E-state index in [2.05, 4.69) is 27.8 Å². The van der Waals surface area contributed by atoms with E-state index in [-0.39, 0.29) is 5.91 Å². The molecule has 0 atom stereocenters. The molecule has 5 nitrogen and oxygen atoms in total. The number of benzene rings is 2. The fourth-order valence-corrected chi connectivity index (χ4v) is 4.35. The molecule has 0 aliphatic rings. The van der Waals surface area contributed by atoms with Crippen molar-refractivity contribution >= 4 is 39.2 Å². The second-order valence-corrected chi connectivity index (χ2v) is 7.33. The summed E-state index contributed by atoms with van der Waals surface area (Å²) in [6, 6.07) is 11.4. The van der Waals surface area contributed by atoms with Gasteiger partial charge in [-0.15, -0.1) is 11.8 Å². The van der Waals surface area contributed by atoms with Crippen molar-refractivity contribution < 1.29 is 14.3 Å². The van der Waals surface area contributed by atoms with Crippen molar-refractivity contribution in [2.45, 2.75) is 18.4 Å². The Bertz CT molecular complexity index is 1020. The first-order valence-electron chi connectivity index (χ1n) is 8.09. The van der Waals surface area contributed by atoms with Gasteiger partial charge in [-0.05, 0) is 49.6 Å². The van der Waals surface area contributed by atoms with E-state index in [1.165, 1.54) is 23.3 Å². The number of hydrogen-bond donors (Lipinski definition) is 0. The predicted octanol–water partition coefficient (Wildman–Crippen LogP) is 4.20. The number of methoxy groups -OCH3 is 2. The zero-order chi connectivity index (χ0) is 18.7. The minimum Gasteiger partial charge on any atom is -0.497 e. The fraction of sp³-hybridized carbons (Fsp3) is 0.263. The number of hydrogen-bond acceptors (Lipinski definition) is 5. The van der Waals surface area contributed by atoms with Crippen LogP contribution >= 0.6 is 23.1 Å². The van der Waals surface area contributed by atoms with Crippen molar-refractivity contribution in [3.05, 3.63) is 46.8 Å². The summed E-state index contributed by atoms with van der Waals surface area (Å²) in [5.74, 6) is 0.724. The van der Waals surface area contributed by atoms with Crippen molar-refractivity contribution in [1.29, 1.82) is 0 Å². The van der Waals surface area contributed by atoms with Crippen LogP contribution in [0.1, 0.15) is 17.3 Å². The Kier molecular flexibility index (Phi) is 5.68. The van der Waals surface area contributed by atoms with E-state index in [1.54, 1.807) is 37.1 Å². The Morgan fingerprint density at radius 1 is 1.19 bits per heavy atom. The van der Waals surface area contributed by atoms with Crippen LogP contribution in [0.5, 0.6) is 11.5 Å². The third-order valence-corrected chi connectivity index (χ3v) is 5.81. The van der Waals surface area contributed by atoms with Crippen LogP contribution in [0.4, 0.5) is 0 Å². The molecule has 0 saturated heterocycles. The second-order valence-electron chi connectivity index (χ2n) is 5.45. The molecule has 3 rings (SSSR count). The van der Waals surface area contributed by atoms with Gasteiger partial charge in [0, 0.05) is 11.4 Å². The number of carbonyl (C=O) groups is 1. The molecule has 0 aliphatic carbocycles. The maximum Gasteiger partial charge on any atom is 0.283 e. The third kappa shape index (κ3) is 3.50. The average molecular weight is 389 g/mol. The summed E-state index contributed by atoms with van der Waals surface area (Å²) in [7, 11) is 3.10. The smallest absolute Gasteiger partial charge is 0.283 e. The summed E-state index contributed by atoms with van der Waals surface area (Å²) < 4.78 is 13.7. The summed E-state index contributed by atoms with van der Waals surface area (Å²) in [6.45, 7) is 2.78. The zero-order valence-corrected chi connectivity index (χ0v) is 16.7. The van der Waals surface area contributed by atoms with Crippen LogP contribution in [0.25, 0.3) is 10.2 Å². The maximum absolute atomic E-state index is 12.8. The number of aromatic nitrogens is 1. The van der Waals surface area contributed by atoms with Crippen LogP contribution in [0.15, 0.2) is 46.3 Å². The van der Waals surface area contributed by atoms with Gasteiger partial charge in [-0.25, -0.2) is 0 Å². The van der Waals surface area contributed by atoms with Crippen LogP contribution in [0.3, 0.4) is 0 Å². The van der Waals surface area contributed by atoms with E-state index in [4.69, 9.17) is 9.47 Å². The first kappa shape index (κ1) is 18.5. The first-order valence-corrected chi connectivity index (χ1v) is 10.1. The van der Waals surface area contributed by atoms with Gasteiger partial charge in [0.2, 0.25) is 0 Å². The van der Waals surface area contributed by atoms with Gasteiger partial charge in [-0.3, -0.25) is 4.79 Å². The zero-order valence-electron chi connectivity index (χ0n) is 15.1. The summed E-state index contributed by atoms with van der Waals surface area (Å²) in [4.78, 5) is 19.1. The van der Waals surface area contributed by atoms with Gasteiger partial charge in [0.05, 0.1) is 30.0 Å². The highest BCUT2D eigenvalue weighted by atomic mass is 32.2. The maximum atomic E-state index is 12.8. The van der Waals surface area contributed by atoms with E-state index in [0.29, 0.717) is 21.9 Å². The van der Waals surface area contributed by atoms with Crippen molar-refractivity contribution in [3.8, 4) is 11.5 Å². The molecular weight excluding hydrogens is 368 g/mol. The molecule has 0 N–H and O–H groups in total. The highest BCUT2D eigenvalue weighted by Gasteiger charge is 2.14. The van der Waals surface area contributed by atoms with Gasteiger partial charge in [0.15, 0.2) is 4.80 Å². The lowest BCUT2D eigenvalue weighted by Gasteiger charge is -2.07. The molecule has 3 aromatic rings. The molecule has 0 saturated carbocycles. The second kappa shape index (κ2) is 7.97. The minimum atomic E-state index is -0.348. The lowest BCUT2D eigenvalue weighted by Crippen LogP contribution is -2.16. The summed E-state index contributed by atoms with van der Waals surface area (Å²) in [5, 5.41) is 0. The number of thiazole rings is 1. The molecule has 0 unspecified atom stereocenters. The Labute approximate surface area is 160 Å². The number of amides is 1. The Hall–Kier alpha value is -2.25. The van der Waals surface area contributed by atoms with Crippen molar-refractivity contribution in [2.75, 3.05) is 20.5 Å². The number of carbonyl (C=O) groups excluding carboxylic acids is 1. The third-order valence-electron chi connectivity index (χ3n) is 4.04. The highest BCUT2D eigenvalue weighted by molar-refractivity contribution is 7.98. The monoisotopic (exact) mass is 388 g/mol. The molecule has 0 aliphatic heterocycles. The standard InChI is InChI=1S/C19H20N2O3S2/c1-5-21-15-8-7-13(25-4)11-17(15)26-19(21)20-18(22)14-10-12(23-2)6-9-16(14)24-3/h6-11H,5H2,1-4H3. The largest absolute Gasteiger partial charge is 0.497 e. The van der Waals surface area contributed by atoms with Crippen molar-refractivity contribution in [3.63, 3.8) is 0 Å². The molecule has 1 heterocycles. The quantitative estimate of drug-likeness (QED) is 0.615. The number of fused-ring (bicyclic) bond motifs is 1. The van der Waals surface area contributed by atoms with Gasteiger partial charge in [-0.1, -0.05) is 11.3 Å². The molecule has 136 valence electrons. The Morgan fingerprint density at radius 3 is 2.65 bits per heavy atom. The lowest BCUT2D eigenvalue weighted by atomic mass is 10.2. The molecule has 1 amide bonds. The number of rotatable bonds is 5. The van der Waals surface area contributed by atoms with Gasteiger partial charge in [0.25, 0.3) is 5.91 Å². The average Bonchev–Trinajstić information content (AvgIpc) is 3.02. The summed E-state index contributed by atoms with van der Waals surface area (Å²) in [6.07, 6.45) is 2.05. The topological polar surface area (TPSA) is 52.8 Å². The van der Waals surface area contributed by atoms with E-state index < -0.39 is 0 Å². The van der Waals surface area contributed by atoms with Crippen LogP contribution in [-0.4, -0.2) is 30.9 Å². The molecule has 0 fully saturated rings. The van der Waals surface area contributed by atoms with Gasteiger partial charge in [-0.2, -0.15) is 4.99 Å². The lowest BCUT2D eigenvalue weighted by molar-refractivity contribution is 0.0994. The summed E-state index contributed by atoms with van der Waals surface area (Å²) >= 11 is 3.21. The fourth-order valence-electron chi connectivity index (χ4n) is 2.70. The molecule has 7 heteroatoms. The van der Waals surface area contributed by atoms with Gasteiger partial charge >= 0.3 is 0 Å². The molecular formula is C19H20N2O3S2. The molecule has 26 heavy (non-hydrogen) atoms. The minimum absolute atomic E-state index is 0.348. The molecule has 0 spiro atoms. The number of thioether (sulfide) groups is 1. The summed E-state index contributed by atoms with van der Waals surface area (Å²) in [5.41, 5.74) is 1.47. The highest BCUT2D eigenvalue weighted by Crippen LogP contribution is 2.26. The van der Waals surface area contributed by atoms with E-state index >= 15 is 0 Å². The Balaban J connectivity index is 2.14. The molecule has 2 aromatic carbocycles. The van der Waals surface area contributed by atoms with Crippen molar-refractivity contribution in [1.82, 2.24) is 4.57 Å². The van der Waals surface area contributed by atoms with Crippen LogP contribution in [0.2, 0.25) is 0 Å². The van der Waals surface area contributed by atoms with Gasteiger partial charge in [0.1, 0.15) is 11.5 Å². The SMILES string of the molecule is CCn1c(=NC(=O)c2cc(OC)ccc2OC)sc2cc(SC)ccc21. The molecule has 0 bridgehead atoms.